The number of para-hydroxylation sites is 1. The van der Waals surface area contributed by atoms with E-state index in [1.54, 1.807) is 13.3 Å². The van der Waals surface area contributed by atoms with Crippen molar-refractivity contribution in [3.63, 3.8) is 0 Å². The molecule has 5 fully saturated rings. The van der Waals surface area contributed by atoms with Crippen LogP contribution in [0.3, 0.4) is 0 Å². The number of hydrogen-bond acceptors (Lipinski definition) is 6. The van der Waals surface area contributed by atoms with Crippen molar-refractivity contribution in [2.24, 2.45) is 24.6 Å². The van der Waals surface area contributed by atoms with Crippen molar-refractivity contribution in [3.8, 4) is 17.3 Å². The van der Waals surface area contributed by atoms with Crippen LogP contribution in [0.15, 0.2) is 60.8 Å². The van der Waals surface area contributed by atoms with Gasteiger partial charge in [-0.15, -0.1) is 0 Å². The van der Waals surface area contributed by atoms with E-state index in [2.05, 4.69) is 38.4 Å². The number of fused-ring (bicyclic) bond motifs is 5. The predicted octanol–water partition coefficient (Wildman–Crippen LogP) is 5.13. The predicted molar refractivity (Wildman–Crippen MR) is 188 cm³/mol. The Morgan fingerprint density at radius 2 is 1.84 bits per heavy atom. The van der Waals surface area contributed by atoms with Crippen LogP contribution < -0.4 is 10.5 Å². The topological polar surface area (TPSA) is 112 Å². The molecule has 252 valence electrons. The molecule has 3 aromatic heterocycles. The van der Waals surface area contributed by atoms with Gasteiger partial charge in [0, 0.05) is 74.1 Å². The van der Waals surface area contributed by atoms with Gasteiger partial charge in [-0.1, -0.05) is 24.3 Å². The van der Waals surface area contributed by atoms with Gasteiger partial charge in [-0.25, -0.2) is 4.98 Å². The molecule has 2 amide bonds. The van der Waals surface area contributed by atoms with Gasteiger partial charge in [-0.3, -0.25) is 14.6 Å². The molecular formula is C39H43N7O3. The number of hydrogen-bond donors (Lipinski definition) is 1. The van der Waals surface area contributed by atoms with E-state index >= 15 is 0 Å². The number of nitrogens with zero attached hydrogens (tertiary/aromatic N) is 6. The van der Waals surface area contributed by atoms with E-state index in [0.717, 1.165) is 60.6 Å². The maximum atomic E-state index is 13.9. The molecular weight excluding hydrogens is 614 g/mol. The summed E-state index contributed by atoms with van der Waals surface area (Å²) < 4.78 is 10.5. The molecule has 2 saturated carbocycles. The van der Waals surface area contributed by atoms with E-state index in [0.29, 0.717) is 42.7 Å². The Hall–Kier alpha value is -4.70. The standard InChI is InChI=1S/C39H43N7O3/c1-43-37-32(14-26(16-34(37)49-2)39(48)45-22-25-11-12-29(45)18-31(25)40)42-38(43)33-15-24-6-5-8-30(36(24)46(33)19-23-9-10-23)27-20-44(21-27)35(47)17-28-7-3-4-13-41-28/h3-8,13-16,23,25,27,29,31H,9-12,17-22,40H2,1-2H3/t25-,29-,31+/m1/s1. The number of benzene rings is 2. The number of nitrogens with two attached hydrogens (primary N) is 1. The Kier molecular flexibility index (Phi) is 7.26. The number of amides is 2. The van der Waals surface area contributed by atoms with E-state index in [1.165, 1.54) is 29.3 Å². The zero-order valence-corrected chi connectivity index (χ0v) is 28.2. The summed E-state index contributed by atoms with van der Waals surface area (Å²) in [5.41, 5.74) is 13.0. The fourth-order valence-corrected chi connectivity index (χ4v) is 8.65. The Morgan fingerprint density at radius 1 is 0.980 bits per heavy atom. The number of aryl methyl sites for hydroxylation is 1. The van der Waals surface area contributed by atoms with Crippen molar-refractivity contribution in [1.29, 1.82) is 0 Å². The lowest BCUT2D eigenvalue weighted by molar-refractivity contribution is -0.134. The van der Waals surface area contributed by atoms with E-state index in [9.17, 15) is 9.59 Å². The van der Waals surface area contributed by atoms with Crippen LogP contribution in [0.25, 0.3) is 33.5 Å². The second-order valence-corrected chi connectivity index (χ2v) is 14.8. The van der Waals surface area contributed by atoms with Crippen LogP contribution >= 0.6 is 0 Å². The highest BCUT2D eigenvalue weighted by molar-refractivity contribution is 6.00. The largest absolute Gasteiger partial charge is 0.494 e. The number of rotatable bonds is 8. The first-order valence-corrected chi connectivity index (χ1v) is 17.8. The van der Waals surface area contributed by atoms with Gasteiger partial charge in [-0.05, 0) is 79.8 Å². The molecule has 10 rings (SSSR count). The van der Waals surface area contributed by atoms with Gasteiger partial charge in [0.1, 0.15) is 11.3 Å². The molecule has 10 nitrogen and oxygen atoms in total. The third-order valence-electron chi connectivity index (χ3n) is 11.6. The summed E-state index contributed by atoms with van der Waals surface area (Å²) in [7, 11) is 3.70. The van der Waals surface area contributed by atoms with Crippen LogP contribution in [0.5, 0.6) is 5.75 Å². The molecule has 0 radical (unpaired) electrons. The lowest BCUT2D eigenvalue weighted by Gasteiger charge is -2.48. The second-order valence-electron chi connectivity index (χ2n) is 14.8. The molecule has 3 saturated heterocycles. The third-order valence-corrected chi connectivity index (χ3v) is 11.6. The SMILES string of the molecule is COc1cc(C(=O)N2C[C@H]3CC[C@@H]2C[C@@H]3N)cc2nc(-c3cc4cccc(C5CN(C(=O)Cc6ccccn6)C5)c4n3CC3CC3)n(C)c12. The lowest BCUT2D eigenvalue weighted by atomic mass is 9.76. The highest BCUT2D eigenvalue weighted by Crippen LogP contribution is 2.42. The number of piperidine rings is 2. The van der Waals surface area contributed by atoms with Gasteiger partial charge in [0.2, 0.25) is 5.91 Å². The molecule has 49 heavy (non-hydrogen) atoms. The smallest absolute Gasteiger partial charge is 0.254 e. The number of methoxy groups -OCH3 is 1. The molecule has 2 aliphatic carbocycles. The first-order chi connectivity index (χ1) is 23.9. The Bertz CT molecular complexity index is 2090. The number of imidazole rings is 1. The van der Waals surface area contributed by atoms with Crippen LogP contribution in [0.1, 0.15) is 59.6 Å². The normalized spacial score (nSPS) is 22.2. The van der Waals surface area contributed by atoms with E-state index in [1.807, 2.05) is 47.2 Å². The second kappa shape index (κ2) is 11.7. The van der Waals surface area contributed by atoms with Crippen LogP contribution in [0.2, 0.25) is 0 Å². The van der Waals surface area contributed by atoms with Gasteiger partial charge in [0.15, 0.2) is 5.82 Å². The van der Waals surface area contributed by atoms with Gasteiger partial charge in [-0.2, -0.15) is 0 Å². The zero-order chi connectivity index (χ0) is 33.4. The minimum Gasteiger partial charge on any atom is -0.494 e. The van der Waals surface area contributed by atoms with Crippen LogP contribution in [-0.2, 0) is 24.8 Å². The Balaban J connectivity index is 1.06. The van der Waals surface area contributed by atoms with E-state index in [-0.39, 0.29) is 29.8 Å². The van der Waals surface area contributed by atoms with Gasteiger partial charge in [0.25, 0.3) is 5.91 Å². The van der Waals surface area contributed by atoms with Crippen molar-refractivity contribution >= 4 is 33.8 Å². The fraction of sp³-hybridized carbons (Fsp3) is 0.436. The summed E-state index contributed by atoms with van der Waals surface area (Å²) in [5.74, 6) is 2.94. The van der Waals surface area contributed by atoms with Crippen molar-refractivity contribution in [2.75, 3.05) is 26.7 Å². The molecule has 3 atom stereocenters. The summed E-state index contributed by atoms with van der Waals surface area (Å²) in [5, 5.41) is 1.18. The van der Waals surface area contributed by atoms with E-state index in [4.69, 9.17) is 15.5 Å². The summed E-state index contributed by atoms with van der Waals surface area (Å²) in [4.78, 5) is 40.5. The average molecular weight is 658 g/mol. The maximum absolute atomic E-state index is 13.9. The molecule has 6 heterocycles. The summed E-state index contributed by atoms with van der Waals surface area (Å²) in [6.45, 7) is 3.06. The van der Waals surface area contributed by atoms with Gasteiger partial charge in [0.05, 0.1) is 30.3 Å². The highest BCUT2D eigenvalue weighted by Gasteiger charge is 2.41. The number of ether oxygens (including phenoxy) is 1. The van der Waals surface area contributed by atoms with Gasteiger partial charge < -0.3 is 29.4 Å². The minimum absolute atomic E-state index is 0.0366. The number of pyridine rings is 1. The number of carbonyl (C=O) groups excluding carboxylic acids is 2. The first kappa shape index (κ1) is 30.4. The molecule has 0 unspecified atom stereocenters. The molecule has 2 aromatic carbocycles. The van der Waals surface area contributed by atoms with Crippen LogP contribution in [0, 0.1) is 11.8 Å². The maximum Gasteiger partial charge on any atom is 0.254 e. The molecule has 3 aliphatic heterocycles. The Morgan fingerprint density at radius 3 is 2.55 bits per heavy atom. The molecule has 2 bridgehead atoms. The molecule has 2 N–H and O–H groups in total. The summed E-state index contributed by atoms with van der Waals surface area (Å²) >= 11 is 0. The fourth-order valence-electron chi connectivity index (χ4n) is 8.65. The lowest BCUT2D eigenvalue weighted by Crippen LogP contribution is -2.58. The zero-order valence-electron chi connectivity index (χ0n) is 28.2. The quantitative estimate of drug-likeness (QED) is 0.248. The van der Waals surface area contributed by atoms with Crippen molar-refractivity contribution in [1.82, 2.24) is 28.9 Å². The third kappa shape index (κ3) is 5.19. The molecule has 5 aliphatic rings. The van der Waals surface area contributed by atoms with Gasteiger partial charge >= 0.3 is 0 Å². The summed E-state index contributed by atoms with van der Waals surface area (Å²) in [6.07, 6.45) is 7.51. The van der Waals surface area contributed by atoms with Crippen molar-refractivity contribution < 1.29 is 14.3 Å². The van der Waals surface area contributed by atoms with Crippen LogP contribution in [-0.4, -0.2) is 79.5 Å². The number of aromatic nitrogens is 4. The van der Waals surface area contributed by atoms with Crippen molar-refractivity contribution in [2.45, 2.75) is 63.1 Å². The minimum atomic E-state index is 0.0366. The monoisotopic (exact) mass is 657 g/mol. The van der Waals surface area contributed by atoms with Crippen LogP contribution in [0.4, 0.5) is 0 Å². The summed E-state index contributed by atoms with van der Waals surface area (Å²) in [6, 6.07) is 18.7. The van der Waals surface area contributed by atoms with Crippen molar-refractivity contribution in [3.05, 3.63) is 77.6 Å². The first-order valence-electron chi connectivity index (χ1n) is 17.8. The number of carbonyl (C=O) groups is 2. The molecule has 5 aromatic rings. The average Bonchev–Trinajstić information content (AvgIpc) is 3.76. The molecule has 10 heteroatoms. The highest BCUT2D eigenvalue weighted by atomic mass is 16.5. The Labute approximate surface area is 285 Å². The number of likely N-dealkylation sites (tertiary alicyclic amines) is 1. The van der Waals surface area contributed by atoms with E-state index < -0.39 is 0 Å². The molecule has 0 spiro atoms.